The van der Waals surface area contributed by atoms with Crippen LogP contribution >= 0.6 is 27.5 Å². The fraction of sp³-hybridized carbons (Fsp3) is 0.273. The first kappa shape index (κ1) is 13.2. The van der Waals surface area contributed by atoms with Crippen molar-refractivity contribution in [1.82, 2.24) is 19.7 Å². The van der Waals surface area contributed by atoms with E-state index in [0.29, 0.717) is 23.1 Å². The first-order valence-electron chi connectivity index (χ1n) is 5.20. The molecule has 0 N–H and O–H groups in total. The fourth-order valence-corrected chi connectivity index (χ4v) is 1.96. The molecule has 0 fully saturated rings. The van der Waals surface area contributed by atoms with Crippen LogP contribution in [0.3, 0.4) is 0 Å². The number of aryl methyl sites for hydroxylation is 1. The van der Waals surface area contributed by atoms with Gasteiger partial charge in [0.25, 0.3) is 0 Å². The van der Waals surface area contributed by atoms with Gasteiger partial charge in [0, 0.05) is 5.69 Å². The maximum absolute atomic E-state index is 11.8. The van der Waals surface area contributed by atoms with Crippen LogP contribution in [0.5, 0.6) is 0 Å². The molecule has 0 aliphatic heterocycles. The summed E-state index contributed by atoms with van der Waals surface area (Å²) in [7, 11) is 0. The van der Waals surface area contributed by atoms with Crippen molar-refractivity contribution >= 4 is 27.5 Å². The SMILES string of the molecule is Cc1nc(=O)n(Cc2ccc(Cl)nn2)c(C)c1Br. The maximum atomic E-state index is 11.8. The standard InChI is InChI=1S/C11H10BrClN4O/c1-6-10(12)7(2)17(11(18)14-6)5-8-3-4-9(13)16-15-8/h3-4H,5H2,1-2H3. The second-order valence-corrected chi connectivity index (χ2v) is 4.99. The van der Waals surface area contributed by atoms with Gasteiger partial charge in [-0.2, -0.15) is 10.1 Å². The van der Waals surface area contributed by atoms with Crippen LogP contribution in [0.4, 0.5) is 0 Å². The van der Waals surface area contributed by atoms with Gasteiger partial charge in [-0.15, -0.1) is 5.10 Å². The monoisotopic (exact) mass is 328 g/mol. The highest BCUT2D eigenvalue weighted by Gasteiger charge is 2.10. The number of hydrogen-bond acceptors (Lipinski definition) is 4. The topological polar surface area (TPSA) is 60.7 Å². The van der Waals surface area contributed by atoms with Gasteiger partial charge in [0.15, 0.2) is 5.15 Å². The number of nitrogens with zero attached hydrogens (tertiary/aromatic N) is 4. The first-order valence-corrected chi connectivity index (χ1v) is 6.38. The van der Waals surface area contributed by atoms with Gasteiger partial charge in [-0.1, -0.05) is 11.6 Å². The highest BCUT2D eigenvalue weighted by Crippen LogP contribution is 2.17. The summed E-state index contributed by atoms with van der Waals surface area (Å²) >= 11 is 9.07. The zero-order valence-corrected chi connectivity index (χ0v) is 12.2. The number of rotatable bonds is 2. The zero-order valence-electron chi connectivity index (χ0n) is 9.81. The molecule has 0 amide bonds. The lowest BCUT2D eigenvalue weighted by atomic mass is 10.3. The largest absolute Gasteiger partial charge is 0.348 e. The third-order valence-electron chi connectivity index (χ3n) is 2.54. The Morgan fingerprint density at radius 1 is 1.33 bits per heavy atom. The van der Waals surface area contributed by atoms with E-state index >= 15 is 0 Å². The van der Waals surface area contributed by atoms with Crippen molar-refractivity contribution < 1.29 is 0 Å². The quantitative estimate of drug-likeness (QED) is 0.846. The lowest BCUT2D eigenvalue weighted by molar-refractivity contribution is 0.667. The van der Waals surface area contributed by atoms with Gasteiger partial charge >= 0.3 is 5.69 Å². The third kappa shape index (κ3) is 2.59. The molecule has 0 atom stereocenters. The van der Waals surface area contributed by atoms with Crippen LogP contribution < -0.4 is 5.69 Å². The molecule has 0 aliphatic rings. The molecule has 0 aliphatic carbocycles. The maximum Gasteiger partial charge on any atom is 0.348 e. The summed E-state index contributed by atoms with van der Waals surface area (Å²) in [5.41, 5.74) is 1.84. The van der Waals surface area contributed by atoms with E-state index in [9.17, 15) is 4.79 Å². The van der Waals surface area contributed by atoms with Crippen molar-refractivity contribution in [1.29, 1.82) is 0 Å². The predicted octanol–water partition coefficient (Wildman–Crippen LogP) is 2.11. The van der Waals surface area contributed by atoms with E-state index < -0.39 is 0 Å². The Bertz CT molecular complexity index is 639. The van der Waals surface area contributed by atoms with Crippen molar-refractivity contribution in [2.45, 2.75) is 20.4 Å². The molecule has 0 unspecified atom stereocenters. The summed E-state index contributed by atoms with van der Waals surface area (Å²) in [6.07, 6.45) is 0. The molecule has 0 saturated heterocycles. The van der Waals surface area contributed by atoms with Crippen LogP contribution in [0.1, 0.15) is 17.1 Å². The average molecular weight is 330 g/mol. The zero-order chi connectivity index (χ0) is 13.3. The fourth-order valence-electron chi connectivity index (χ4n) is 1.55. The summed E-state index contributed by atoms with van der Waals surface area (Å²) in [6, 6.07) is 3.37. The molecular formula is C11H10BrClN4O. The number of hydrogen-bond donors (Lipinski definition) is 0. The van der Waals surface area contributed by atoms with Gasteiger partial charge in [0.1, 0.15) is 0 Å². The number of aromatic nitrogens is 4. The minimum absolute atomic E-state index is 0.301. The Balaban J connectivity index is 2.44. The predicted molar refractivity (Wildman–Crippen MR) is 71.8 cm³/mol. The molecule has 0 aromatic carbocycles. The van der Waals surface area contributed by atoms with Gasteiger partial charge in [-0.05, 0) is 41.9 Å². The van der Waals surface area contributed by atoms with Gasteiger partial charge in [-0.25, -0.2) is 4.79 Å². The van der Waals surface area contributed by atoms with E-state index in [1.54, 1.807) is 19.1 Å². The van der Waals surface area contributed by atoms with Crippen LogP contribution in [-0.2, 0) is 6.54 Å². The molecule has 0 radical (unpaired) electrons. The van der Waals surface area contributed by atoms with E-state index in [-0.39, 0.29) is 5.69 Å². The van der Waals surface area contributed by atoms with Crippen molar-refractivity contribution in [2.75, 3.05) is 0 Å². The Labute approximate surface area is 117 Å². The van der Waals surface area contributed by atoms with Crippen molar-refractivity contribution in [3.05, 3.63) is 49.3 Å². The van der Waals surface area contributed by atoms with E-state index in [2.05, 4.69) is 31.1 Å². The minimum Gasteiger partial charge on any atom is -0.289 e. The Kier molecular flexibility index (Phi) is 3.77. The molecule has 0 spiro atoms. The summed E-state index contributed by atoms with van der Waals surface area (Å²) in [4.78, 5) is 15.8. The molecule has 18 heavy (non-hydrogen) atoms. The molecular weight excluding hydrogens is 320 g/mol. The normalized spacial score (nSPS) is 10.7. The summed E-state index contributed by atoms with van der Waals surface area (Å²) in [5.74, 6) is 0. The summed E-state index contributed by atoms with van der Waals surface area (Å²) in [6.45, 7) is 3.95. The van der Waals surface area contributed by atoms with Crippen molar-refractivity contribution in [3.63, 3.8) is 0 Å². The van der Waals surface area contributed by atoms with Crippen LogP contribution in [0.2, 0.25) is 5.15 Å². The molecule has 7 heteroatoms. The van der Waals surface area contributed by atoms with Crippen LogP contribution in [0, 0.1) is 13.8 Å². The Morgan fingerprint density at radius 2 is 2.06 bits per heavy atom. The van der Waals surface area contributed by atoms with Crippen molar-refractivity contribution in [3.8, 4) is 0 Å². The van der Waals surface area contributed by atoms with E-state index in [4.69, 9.17) is 11.6 Å². The first-order chi connectivity index (χ1) is 8.49. The van der Waals surface area contributed by atoms with Crippen LogP contribution in [0.15, 0.2) is 21.4 Å². The third-order valence-corrected chi connectivity index (χ3v) is 3.89. The van der Waals surface area contributed by atoms with Crippen molar-refractivity contribution in [2.24, 2.45) is 0 Å². The van der Waals surface area contributed by atoms with Gasteiger partial charge in [0.2, 0.25) is 0 Å². The molecule has 94 valence electrons. The van der Waals surface area contributed by atoms with Gasteiger partial charge in [-0.3, -0.25) is 4.57 Å². The molecule has 2 rings (SSSR count). The molecule has 0 saturated carbocycles. The lowest BCUT2D eigenvalue weighted by Crippen LogP contribution is -2.27. The smallest absolute Gasteiger partial charge is 0.289 e. The second-order valence-electron chi connectivity index (χ2n) is 3.81. The van der Waals surface area contributed by atoms with Crippen LogP contribution in [-0.4, -0.2) is 19.7 Å². The summed E-state index contributed by atoms with van der Waals surface area (Å²) in [5, 5.41) is 7.99. The average Bonchev–Trinajstić information content (AvgIpc) is 2.34. The van der Waals surface area contributed by atoms with E-state index in [0.717, 1.165) is 10.2 Å². The minimum atomic E-state index is -0.301. The highest BCUT2D eigenvalue weighted by atomic mass is 79.9. The summed E-state index contributed by atoms with van der Waals surface area (Å²) < 4.78 is 2.36. The second kappa shape index (κ2) is 5.16. The van der Waals surface area contributed by atoms with E-state index in [1.165, 1.54) is 4.57 Å². The Morgan fingerprint density at radius 3 is 2.67 bits per heavy atom. The molecule has 2 aromatic heterocycles. The number of halogens is 2. The molecule has 2 heterocycles. The van der Waals surface area contributed by atoms with Gasteiger partial charge in [0.05, 0.1) is 22.4 Å². The lowest BCUT2D eigenvalue weighted by Gasteiger charge is -2.11. The molecule has 5 nitrogen and oxygen atoms in total. The highest BCUT2D eigenvalue weighted by molar-refractivity contribution is 9.10. The van der Waals surface area contributed by atoms with Crippen LogP contribution in [0.25, 0.3) is 0 Å². The molecule has 2 aromatic rings. The van der Waals surface area contributed by atoms with Gasteiger partial charge < -0.3 is 0 Å². The molecule has 0 bridgehead atoms. The van der Waals surface area contributed by atoms with E-state index in [1.807, 2.05) is 6.92 Å². The Hall–Kier alpha value is -1.27.